The Labute approximate surface area is 235 Å². The lowest BCUT2D eigenvalue weighted by atomic mass is 10.0. The van der Waals surface area contributed by atoms with Crippen LogP contribution in [0.15, 0.2) is 59.5 Å². The first-order valence-electron chi connectivity index (χ1n) is 13.3. The summed E-state index contributed by atoms with van der Waals surface area (Å²) in [5, 5.41) is 24.3. The quantitative estimate of drug-likeness (QED) is 0.343. The minimum atomic E-state index is -3.97. The van der Waals surface area contributed by atoms with Crippen LogP contribution < -0.4 is 10.1 Å². The second-order valence-electron chi connectivity index (χ2n) is 10.5. The molecule has 220 valence electrons. The third-order valence-corrected chi connectivity index (χ3v) is 8.87. The van der Waals surface area contributed by atoms with Crippen LogP contribution in [0.3, 0.4) is 0 Å². The number of methoxy groups -OCH3 is 1. The van der Waals surface area contributed by atoms with Crippen LogP contribution in [0.4, 0.5) is 4.79 Å². The molecule has 0 aliphatic carbocycles. The Bertz CT molecular complexity index is 1210. The highest BCUT2D eigenvalue weighted by molar-refractivity contribution is 7.89. The minimum Gasteiger partial charge on any atom is -0.497 e. The van der Waals surface area contributed by atoms with Crippen LogP contribution >= 0.6 is 0 Å². The molecule has 12 heteroatoms. The molecule has 0 saturated carbocycles. The van der Waals surface area contributed by atoms with Gasteiger partial charge in [0, 0.05) is 13.1 Å². The molecular formula is C28H38N2O9S. The number of carbonyl (C=O) groups excluding carboxylic acids is 1. The van der Waals surface area contributed by atoms with Crippen LogP contribution in [0.2, 0.25) is 0 Å². The van der Waals surface area contributed by atoms with Gasteiger partial charge in [-0.15, -0.1) is 0 Å². The van der Waals surface area contributed by atoms with Crippen molar-refractivity contribution in [3.63, 3.8) is 0 Å². The van der Waals surface area contributed by atoms with Crippen molar-refractivity contribution in [2.24, 2.45) is 11.8 Å². The van der Waals surface area contributed by atoms with Crippen molar-refractivity contribution in [3.05, 3.63) is 60.2 Å². The number of amides is 1. The Morgan fingerprint density at radius 2 is 1.75 bits per heavy atom. The zero-order chi connectivity index (χ0) is 28.9. The number of rotatable bonds is 12. The SMILES string of the molecule is COc1ccc(S(=O)(=O)N(CC(C)C)C[C@@H](O)[C@H](Cc2ccccc2)NC(=O)O[C@H]2CO[C@H]3OC[C@H](O)[C@H]32)cc1. The van der Waals surface area contributed by atoms with Crippen molar-refractivity contribution in [3.8, 4) is 5.75 Å². The highest BCUT2D eigenvalue weighted by Crippen LogP contribution is 2.33. The number of aliphatic hydroxyl groups excluding tert-OH is 2. The topological polar surface area (TPSA) is 144 Å². The average Bonchev–Trinajstić information content (AvgIpc) is 3.50. The van der Waals surface area contributed by atoms with E-state index in [0.717, 1.165) is 5.56 Å². The van der Waals surface area contributed by atoms with E-state index in [4.69, 9.17) is 18.9 Å². The van der Waals surface area contributed by atoms with Crippen molar-refractivity contribution in [1.29, 1.82) is 0 Å². The zero-order valence-electron chi connectivity index (χ0n) is 22.9. The van der Waals surface area contributed by atoms with Crippen LogP contribution in [0.25, 0.3) is 0 Å². The summed E-state index contributed by atoms with van der Waals surface area (Å²) in [5.74, 6) is -0.00351. The summed E-state index contributed by atoms with van der Waals surface area (Å²) in [6.07, 6.45) is -4.01. The molecule has 0 bridgehead atoms. The molecule has 2 aliphatic heterocycles. The standard InChI is InChI=1S/C28H38N2O9S/c1-18(2)14-30(40(34,35)21-11-9-20(36-3)10-12-21)15-23(31)22(13-19-7-5-4-6-8-19)29-28(33)39-25-17-38-27-26(25)24(32)16-37-27/h4-12,18,22-27,31-32H,13-17H2,1-3H3,(H,29,33)/t22-,23+,24-,25-,26-,27+/m0/s1. The van der Waals surface area contributed by atoms with E-state index in [1.54, 1.807) is 12.1 Å². The predicted octanol–water partition coefficient (Wildman–Crippen LogP) is 1.77. The number of hydrogen-bond acceptors (Lipinski definition) is 9. The molecule has 4 rings (SSSR count). The van der Waals surface area contributed by atoms with Crippen molar-refractivity contribution in [2.45, 2.75) is 55.8 Å². The van der Waals surface area contributed by atoms with Gasteiger partial charge in [0.15, 0.2) is 6.29 Å². The van der Waals surface area contributed by atoms with Crippen LogP contribution in [0, 0.1) is 11.8 Å². The van der Waals surface area contributed by atoms with Crippen LogP contribution in [-0.2, 0) is 30.7 Å². The number of aliphatic hydroxyl groups is 2. The summed E-state index contributed by atoms with van der Waals surface area (Å²) in [7, 11) is -2.47. The molecule has 0 aromatic heterocycles. The zero-order valence-corrected chi connectivity index (χ0v) is 23.7. The Kier molecular flexibility index (Phi) is 10.0. The normalized spacial score (nSPS) is 24.1. The fourth-order valence-electron chi connectivity index (χ4n) is 4.98. The molecule has 2 heterocycles. The van der Waals surface area contributed by atoms with Crippen LogP contribution in [0.5, 0.6) is 5.75 Å². The summed E-state index contributed by atoms with van der Waals surface area (Å²) in [6, 6.07) is 14.4. The van der Waals surface area contributed by atoms with Gasteiger partial charge in [-0.25, -0.2) is 13.2 Å². The maximum absolute atomic E-state index is 13.6. The van der Waals surface area contributed by atoms with Crippen molar-refractivity contribution >= 4 is 16.1 Å². The van der Waals surface area contributed by atoms with E-state index in [-0.39, 0.29) is 43.5 Å². The second kappa shape index (κ2) is 13.3. The maximum Gasteiger partial charge on any atom is 0.407 e. The average molecular weight is 579 g/mol. The van der Waals surface area contributed by atoms with Gasteiger partial charge >= 0.3 is 6.09 Å². The first-order chi connectivity index (χ1) is 19.1. The van der Waals surface area contributed by atoms with Crippen molar-refractivity contribution in [1.82, 2.24) is 9.62 Å². The summed E-state index contributed by atoms with van der Waals surface area (Å²) in [4.78, 5) is 13.0. The van der Waals surface area contributed by atoms with Gasteiger partial charge in [0.2, 0.25) is 10.0 Å². The minimum absolute atomic E-state index is 0.0268. The summed E-state index contributed by atoms with van der Waals surface area (Å²) < 4.78 is 50.0. The fourth-order valence-corrected chi connectivity index (χ4v) is 6.60. The summed E-state index contributed by atoms with van der Waals surface area (Å²) in [6.45, 7) is 3.85. The smallest absolute Gasteiger partial charge is 0.407 e. The van der Waals surface area contributed by atoms with E-state index in [2.05, 4.69) is 5.32 Å². The number of hydrogen-bond donors (Lipinski definition) is 3. The van der Waals surface area contributed by atoms with Crippen molar-refractivity contribution in [2.75, 3.05) is 33.4 Å². The van der Waals surface area contributed by atoms with E-state index in [9.17, 15) is 23.4 Å². The highest BCUT2D eigenvalue weighted by Gasteiger charge is 2.49. The third kappa shape index (κ3) is 7.31. The molecule has 0 radical (unpaired) electrons. The number of sulfonamides is 1. The monoisotopic (exact) mass is 578 g/mol. The van der Waals surface area contributed by atoms with Gasteiger partial charge in [-0.1, -0.05) is 44.2 Å². The van der Waals surface area contributed by atoms with Gasteiger partial charge in [0.1, 0.15) is 11.9 Å². The fraction of sp³-hybridized carbons (Fsp3) is 0.536. The summed E-state index contributed by atoms with van der Waals surface area (Å²) >= 11 is 0. The largest absolute Gasteiger partial charge is 0.497 e. The molecule has 2 aromatic carbocycles. The number of carbonyl (C=O) groups is 1. The van der Waals surface area contributed by atoms with Crippen LogP contribution in [-0.4, -0.2) is 93.1 Å². The first kappa shape index (κ1) is 30.2. The number of alkyl carbamates (subject to hydrolysis) is 1. The van der Waals surface area contributed by atoms with E-state index < -0.39 is 52.7 Å². The Balaban J connectivity index is 1.51. The molecule has 11 nitrogen and oxygen atoms in total. The van der Waals surface area contributed by atoms with Gasteiger partial charge in [0.05, 0.1) is 49.4 Å². The van der Waals surface area contributed by atoms with E-state index in [0.29, 0.717) is 5.75 Å². The second-order valence-corrected chi connectivity index (χ2v) is 12.5. The number of benzene rings is 2. The van der Waals surface area contributed by atoms with Gasteiger partial charge in [-0.2, -0.15) is 4.31 Å². The predicted molar refractivity (Wildman–Crippen MR) is 145 cm³/mol. The highest BCUT2D eigenvalue weighted by atomic mass is 32.2. The molecule has 2 saturated heterocycles. The van der Waals surface area contributed by atoms with Gasteiger partial charge in [0.25, 0.3) is 0 Å². The lowest BCUT2D eigenvalue weighted by Crippen LogP contribution is -2.52. The molecule has 0 spiro atoms. The third-order valence-electron chi connectivity index (χ3n) is 7.03. The Morgan fingerprint density at radius 3 is 2.40 bits per heavy atom. The van der Waals surface area contributed by atoms with Crippen LogP contribution in [0.1, 0.15) is 19.4 Å². The molecule has 0 unspecified atom stereocenters. The molecule has 3 N–H and O–H groups in total. The molecule has 2 aromatic rings. The first-order valence-corrected chi connectivity index (χ1v) is 14.8. The van der Waals surface area contributed by atoms with E-state index in [1.165, 1.54) is 23.5 Å². The molecule has 40 heavy (non-hydrogen) atoms. The molecular weight excluding hydrogens is 540 g/mol. The van der Waals surface area contributed by atoms with Gasteiger partial charge in [-0.05, 0) is 42.2 Å². The lowest BCUT2D eigenvalue weighted by molar-refractivity contribution is -0.0911. The molecule has 6 atom stereocenters. The Hall–Kier alpha value is -2.74. The maximum atomic E-state index is 13.6. The number of nitrogens with one attached hydrogen (secondary N) is 1. The van der Waals surface area contributed by atoms with E-state index >= 15 is 0 Å². The lowest BCUT2D eigenvalue weighted by Gasteiger charge is -2.31. The Morgan fingerprint density at radius 1 is 1.07 bits per heavy atom. The van der Waals surface area contributed by atoms with E-state index in [1.807, 2.05) is 44.2 Å². The molecule has 2 fully saturated rings. The van der Waals surface area contributed by atoms with Gasteiger partial charge < -0.3 is 34.5 Å². The number of ether oxygens (including phenoxy) is 4. The number of fused-ring (bicyclic) bond motifs is 1. The van der Waals surface area contributed by atoms with Gasteiger partial charge in [-0.3, -0.25) is 0 Å². The molecule has 1 amide bonds. The summed E-state index contributed by atoms with van der Waals surface area (Å²) in [5.41, 5.74) is 0.837. The van der Waals surface area contributed by atoms with Crippen molar-refractivity contribution < 1.29 is 42.4 Å². The molecule has 2 aliphatic rings. The number of nitrogens with zero attached hydrogens (tertiary/aromatic N) is 1.